The number of aromatic nitrogens is 2. The lowest BCUT2D eigenvalue weighted by molar-refractivity contribution is -0.153. The second-order valence-corrected chi connectivity index (χ2v) is 9.65. The lowest BCUT2D eigenvalue weighted by Gasteiger charge is -2.32. The van der Waals surface area contributed by atoms with Gasteiger partial charge in [-0.05, 0) is 25.8 Å². The van der Waals surface area contributed by atoms with E-state index in [-0.39, 0.29) is 42.0 Å². The van der Waals surface area contributed by atoms with Gasteiger partial charge in [0.15, 0.2) is 23.8 Å². The number of rotatable bonds is 8. The van der Waals surface area contributed by atoms with Crippen molar-refractivity contribution in [2.75, 3.05) is 26.3 Å². The molecular weight excluding hydrogens is 533 g/mol. The van der Waals surface area contributed by atoms with Crippen molar-refractivity contribution in [1.82, 2.24) is 19.4 Å². The Balaban J connectivity index is 1.72. The van der Waals surface area contributed by atoms with E-state index in [2.05, 4.69) is 5.32 Å². The van der Waals surface area contributed by atoms with Crippen molar-refractivity contribution in [1.29, 1.82) is 0 Å². The average molecular weight is 563 g/mol. The van der Waals surface area contributed by atoms with Gasteiger partial charge in [0.05, 0.1) is 12.1 Å². The first kappa shape index (κ1) is 28.9. The number of Topliss-reactive ketones (excluding diaryl/α,β-unsaturated/α-hetero) is 1. The molecule has 3 aromatic rings. The van der Waals surface area contributed by atoms with Gasteiger partial charge < -0.3 is 29.2 Å². The van der Waals surface area contributed by atoms with Crippen molar-refractivity contribution in [2.45, 2.75) is 38.5 Å². The van der Waals surface area contributed by atoms with Crippen LogP contribution in [0.4, 0.5) is 13.2 Å². The van der Waals surface area contributed by atoms with Crippen molar-refractivity contribution in [3.8, 4) is 5.75 Å². The first-order valence-corrected chi connectivity index (χ1v) is 12.6. The Kier molecular flexibility index (Phi) is 8.33. The van der Waals surface area contributed by atoms with Crippen LogP contribution in [0.2, 0.25) is 0 Å². The summed E-state index contributed by atoms with van der Waals surface area (Å²) in [4.78, 5) is 53.0. The van der Waals surface area contributed by atoms with E-state index in [1.165, 1.54) is 22.6 Å². The van der Waals surface area contributed by atoms with E-state index in [4.69, 9.17) is 9.84 Å². The molecule has 1 fully saturated rings. The molecular formula is C27H29F3N4O6. The smallest absolute Gasteiger partial charge is 0.422 e. The summed E-state index contributed by atoms with van der Waals surface area (Å²) >= 11 is 0. The van der Waals surface area contributed by atoms with E-state index in [1.54, 1.807) is 37.3 Å². The van der Waals surface area contributed by atoms with E-state index in [9.17, 15) is 32.3 Å². The van der Waals surface area contributed by atoms with E-state index < -0.39 is 48.6 Å². The number of nitrogens with zero attached hydrogens (tertiary/aromatic N) is 3. The molecule has 0 aliphatic carbocycles. The van der Waals surface area contributed by atoms with Gasteiger partial charge in [0.25, 0.3) is 11.5 Å². The third-order valence-electron chi connectivity index (χ3n) is 6.94. The van der Waals surface area contributed by atoms with E-state index in [0.29, 0.717) is 24.1 Å². The second kappa shape index (κ2) is 11.5. The van der Waals surface area contributed by atoms with Crippen molar-refractivity contribution >= 4 is 28.5 Å². The minimum Gasteiger partial charge on any atom is -0.481 e. The maximum Gasteiger partial charge on any atom is 0.422 e. The molecule has 2 aromatic heterocycles. The number of nitrogens with one attached hydrogen (secondary N) is 1. The quantitative estimate of drug-likeness (QED) is 0.406. The first-order chi connectivity index (χ1) is 18.9. The Labute approximate surface area is 226 Å². The van der Waals surface area contributed by atoms with Crippen LogP contribution < -0.4 is 15.6 Å². The number of carbonyl (C=O) groups is 3. The Hall–Kier alpha value is -4.13. The number of hydrogen-bond acceptors (Lipinski definition) is 6. The third-order valence-corrected chi connectivity index (χ3v) is 6.94. The minimum absolute atomic E-state index is 0.177. The summed E-state index contributed by atoms with van der Waals surface area (Å²) < 4.78 is 47.1. The Bertz CT molecular complexity index is 1490. The van der Waals surface area contributed by atoms with Gasteiger partial charge in [-0.3, -0.25) is 19.2 Å². The van der Waals surface area contributed by atoms with Gasteiger partial charge in [-0.2, -0.15) is 13.2 Å². The lowest BCUT2D eigenvalue weighted by Crippen LogP contribution is -2.47. The van der Waals surface area contributed by atoms with Crippen LogP contribution in [0.5, 0.6) is 5.75 Å². The van der Waals surface area contributed by atoms with Crippen LogP contribution in [0.15, 0.2) is 41.2 Å². The number of aliphatic hydroxyl groups is 1. The second-order valence-electron chi connectivity index (χ2n) is 9.65. The largest absolute Gasteiger partial charge is 0.481 e. The number of ether oxygens (including phenoxy) is 1. The fourth-order valence-electron chi connectivity index (χ4n) is 4.85. The molecule has 1 aromatic carbocycles. The molecule has 13 heteroatoms. The standard InChI is InChI=1S/C27H29F3N4O6/c1-16-12-19-22(26(39)34(16)13-20(36)17-6-4-3-5-7-17)24(40-15-27(28,29)30)23(32(19)2)25(38)31-18-8-10-33(11-9-18)21(37)14-35/h3-7,12,18,35H,8-11,13-15H2,1-2H3,(H,31,38). The number of halogens is 3. The highest BCUT2D eigenvalue weighted by molar-refractivity contribution is 6.04. The number of benzene rings is 1. The molecule has 2 N–H and O–H groups in total. The number of hydrogen-bond donors (Lipinski definition) is 2. The van der Waals surface area contributed by atoms with Crippen LogP contribution in [-0.2, 0) is 18.4 Å². The number of fused-ring (bicyclic) bond motifs is 1. The highest BCUT2D eigenvalue weighted by Gasteiger charge is 2.34. The number of amides is 2. The number of pyridine rings is 1. The summed E-state index contributed by atoms with van der Waals surface area (Å²) in [7, 11) is 1.44. The molecule has 1 saturated heterocycles. The maximum atomic E-state index is 13.6. The summed E-state index contributed by atoms with van der Waals surface area (Å²) in [6.07, 6.45) is -4.00. The van der Waals surface area contributed by atoms with Gasteiger partial charge in [-0.15, -0.1) is 0 Å². The summed E-state index contributed by atoms with van der Waals surface area (Å²) in [5.74, 6) is -2.07. The SMILES string of the molecule is Cc1cc2c(c(OCC(F)(F)F)c(C(=O)NC3CCN(C(=O)CO)CC3)n2C)c(=O)n1CC(=O)c1ccccc1. The van der Waals surface area contributed by atoms with Crippen LogP contribution >= 0.6 is 0 Å². The number of piperidine rings is 1. The highest BCUT2D eigenvalue weighted by Crippen LogP contribution is 2.33. The Morgan fingerprint density at radius 1 is 1.12 bits per heavy atom. The molecule has 1 aliphatic heterocycles. The number of carbonyl (C=O) groups excluding carboxylic acids is 3. The third kappa shape index (κ3) is 6.03. The summed E-state index contributed by atoms with van der Waals surface area (Å²) in [6.45, 7) is -0.550. The molecule has 2 amide bonds. The molecule has 0 bridgehead atoms. The molecule has 0 spiro atoms. The van der Waals surface area contributed by atoms with E-state index in [1.807, 2.05) is 0 Å². The lowest BCUT2D eigenvalue weighted by atomic mass is 10.0. The van der Waals surface area contributed by atoms with Crippen LogP contribution in [0, 0.1) is 6.92 Å². The molecule has 0 unspecified atom stereocenters. The predicted molar refractivity (Wildman–Crippen MR) is 138 cm³/mol. The van der Waals surface area contributed by atoms with E-state index >= 15 is 0 Å². The number of aryl methyl sites for hydroxylation is 2. The summed E-state index contributed by atoms with van der Waals surface area (Å²) in [6, 6.07) is 9.38. The molecule has 0 radical (unpaired) electrons. The number of alkyl halides is 3. The van der Waals surface area contributed by atoms with Crippen molar-refractivity contribution in [3.63, 3.8) is 0 Å². The maximum absolute atomic E-state index is 13.6. The van der Waals surface area contributed by atoms with Crippen LogP contribution in [0.3, 0.4) is 0 Å². The zero-order valence-corrected chi connectivity index (χ0v) is 22.0. The fourth-order valence-corrected chi connectivity index (χ4v) is 4.85. The highest BCUT2D eigenvalue weighted by atomic mass is 19.4. The van der Waals surface area contributed by atoms with Gasteiger partial charge in [0, 0.05) is 37.4 Å². The van der Waals surface area contributed by atoms with Crippen molar-refractivity contribution < 1.29 is 37.4 Å². The van der Waals surface area contributed by atoms with Gasteiger partial charge in [0.2, 0.25) is 5.91 Å². The van der Waals surface area contributed by atoms with Crippen LogP contribution in [0.25, 0.3) is 10.9 Å². The molecule has 1 aliphatic rings. The number of aliphatic hydroxyl groups excluding tert-OH is 1. The average Bonchev–Trinajstić information content (AvgIpc) is 3.20. The van der Waals surface area contributed by atoms with Crippen LogP contribution in [-0.4, -0.2) is 75.3 Å². The van der Waals surface area contributed by atoms with Crippen molar-refractivity contribution in [2.24, 2.45) is 7.05 Å². The minimum atomic E-state index is -4.74. The molecule has 4 rings (SSSR count). The summed E-state index contributed by atoms with van der Waals surface area (Å²) in [5.41, 5.74) is -0.116. The Morgan fingerprint density at radius 3 is 2.38 bits per heavy atom. The molecule has 40 heavy (non-hydrogen) atoms. The fraction of sp³-hybridized carbons (Fsp3) is 0.407. The molecule has 3 heterocycles. The van der Waals surface area contributed by atoms with Gasteiger partial charge in [0.1, 0.15) is 12.0 Å². The predicted octanol–water partition coefficient (Wildman–Crippen LogP) is 2.19. The Morgan fingerprint density at radius 2 is 1.77 bits per heavy atom. The van der Waals surface area contributed by atoms with Crippen LogP contribution in [0.1, 0.15) is 39.4 Å². The monoisotopic (exact) mass is 562 g/mol. The first-order valence-electron chi connectivity index (χ1n) is 12.6. The normalized spacial score (nSPS) is 14.4. The van der Waals surface area contributed by atoms with Gasteiger partial charge >= 0.3 is 6.18 Å². The van der Waals surface area contributed by atoms with Crippen molar-refractivity contribution in [3.05, 3.63) is 63.7 Å². The zero-order chi connectivity index (χ0) is 29.2. The molecule has 10 nitrogen and oxygen atoms in total. The molecule has 0 saturated carbocycles. The van der Waals surface area contributed by atoms with E-state index in [0.717, 1.165) is 4.57 Å². The molecule has 214 valence electrons. The number of likely N-dealkylation sites (tertiary alicyclic amines) is 1. The van der Waals surface area contributed by atoms with Gasteiger partial charge in [-0.25, -0.2) is 0 Å². The molecule has 0 atom stereocenters. The summed E-state index contributed by atoms with van der Waals surface area (Å²) in [5, 5.41) is 11.6. The number of ketones is 1. The van der Waals surface area contributed by atoms with Gasteiger partial charge in [-0.1, -0.05) is 30.3 Å². The zero-order valence-electron chi connectivity index (χ0n) is 22.0. The topological polar surface area (TPSA) is 123 Å².